The van der Waals surface area contributed by atoms with E-state index in [1.165, 1.54) is 19.2 Å². The Labute approximate surface area is 125 Å². The molecule has 1 atom stereocenters. The van der Waals surface area contributed by atoms with E-state index in [2.05, 4.69) is 21.2 Å². The van der Waals surface area contributed by atoms with Gasteiger partial charge in [-0.25, -0.2) is 9.18 Å². The van der Waals surface area contributed by atoms with Crippen molar-refractivity contribution < 1.29 is 18.7 Å². The lowest BCUT2D eigenvalue weighted by Crippen LogP contribution is -2.52. The van der Waals surface area contributed by atoms with E-state index in [1.54, 1.807) is 13.0 Å². The van der Waals surface area contributed by atoms with Gasteiger partial charge in [0.1, 0.15) is 11.4 Å². The average Bonchev–Trinajstić information content (AvgIpc) is 2.37. The molecule has 0 saturated heterocycles. The van der Waals surface area contributed by atoms with Gasteiger partial charge in [0.25, 0.3) is 5.91 Å². The van der Waals surface area contributed by atoms with E-state index in [1.807, 2.05) is 6.92 Å². The van der Waals surface area contributed by atoms with Crippen LogP contribution in [-0.4, -0.2) is 24.5 Å². The minimum atomic E-state index is -1.17. The van der Waals surface area contributed by atoms with Crippen molar-refractivity contribution in [2.75, 3.05) is 7.11 Å². The number of benzene rings is 1. The summed E-state index contributed by atoms with van der Waals surface area (Å²) < 4.78 is 19.0. The van der Waals surface area contributed by atoms with Crippen molar-refractivity contribution >= 4 is 27.8 Å². The molecule has 4 nitrogen and oxygen atoms in total. The first-order valence-electron chi connectivity index (χ1n) is 6.20. The van der Waals surface area contributed by atoms with Crippen molar-refractivity contribution in [2.24, 2.45) is 0 Å². The van der Waals surface area contributed by atoms with E-state index in [0.29, 0.717) is 17.3 Å². The molecule has 0 aliphatic carbocycles. The maximum atomic E-state index is 13.7. The van der Waals surface area contributed by atoms with Gasteiger partial charge >= 0.3 is 5.97 Å². The lowest BCUT2D eigenvalue weighted by molar-refractivity contribution is -0.147. The third-order valence-corrected chi connectivity index (χ3v) is 3.44. The van der Waals surface area contributed by atoms with Crippen LogP contribution in [0, 0.1) is 5.82 Å². The molecule has 1 N–H and O–H groups in total. The Morgan fingerprint density at radius 1 is 1.45 bits per heavy atom. The zero-order valence-electron chi connectivity index (χ0n) is 11.6. The van der Waals surface area contributed by atoms with Gasteiger partial charge in [-0.2, -0.15) is 0 Å². The van der Waals surface area contributed by atoms with Gasteiger partial charge in [0.2, 0.25) is 0 Å². The van der Waals surface area contributed by atoms with Gasteiger partial charge in [-0.15, -0.1) is 0 Å². The van der Waals surface area contributed by atoms with Crippen molar-refractivity contribution in [2.45, 2.75) is 32.2 Å². The monoisotopic (exact) mass is 345 g/mol. The van der Waals surface area contributed by atoms with Crippen molar-refractivity contribution in [3.05, 3.63) is 34.1 Å². The fourth-order valence-electron chi connectivity index (χ4n) is 1.93. The number of halogens is 2. The maximum absolute atomic E-state index is 13.7. The van der Waals surface area contributed by atoms with Gasteiger partial charge in [-0.1, -0.05) is 29.3 Å². The Morgan fingerprint density at radius 3 is 2.60 bits per heavy atom. The molecule has 0 aliphatic rings. The molecule has 110 valence electrons. The number of carbonyl (C=O) groups excluding carboxylic acids is 2. The molecule has 0 aromatic heterocycles. The summed E-state index contributed by atoms with van der Waals surface area (Å²) in [6.45, 7) is 3.45. The normalized spacial score (nSPS) is 13.4. The summed E-state index contributed by atoms with van der Waals surface area (Å²) in [4.78, 5) is 23.9. The minimum Gasteiger partial charge on any atom is -0.467 e. The second-order valence-corrected chi connectivity index (χ2v) is 5.57. The molecule has 0 spiro atoms. The van der Waals surface area contributed by atoms with Crippen LogP contribution in [0.2, 0.25) is 0 Å². The van der Waals surface area contributed by atoms with Crippen LogP contribution in [-0.2, 0) is 9.53 Å². The summed E-state index contributed by atoms with van der Waals surface area (Å²) in [6.07, 6.45) is 1.08. The summed E-state index contributed by atoms with van der Waals surface area (Å²) in [5, 5.41) is 2.55. The largest absolute Gasteiger partial charge is 0.467 e. The molecule has 20 heavy (non-hydrogen) atoms. The van der Waals surface area contributed by atoms with Crippen LogP contribution >= 0.6 is 15.9 Å². The van der Waals surface area contributed by atoms with Gasteiger partial charge in [-0.3, -0.25) is 4.79 Å². The molecule has 0 fully saturated rings. The highest BCUT2D eigenvalue weighted by atomic mass is 79.9. The lowest BCUT2D eigenvalue weighted by atomic mass is 9.95. The second-order valence-electron chi connectivity index (χ2n) is 4.65. The molecular weight excluding hydrogens is 329 g/mol. The van der Waals surface area contributed by atoms with Gasteiger partial charge in [0, 0.05) is 4.47 Å². The Hall–Kier alpha value is -1.43. The topological polar surface area (TPSA) is 55.4 Å². The Kier molecular flexibility index (Phi) is 5.68. The highest BCUT2D eigenvalue weighted by Gasteiger charge is 2.35. The van der Waals surface area contributed by atoms with Crippen molar-refractivity contribution in [1.82, 2.24) is 5.32 Å². The van der Waals surface area contributed by atoms with Crippen molar-refractivity contribution in [1.29, 1.82) is 0 Å². The zero-order chi connectivity index (χ0) is 15.3. The first-order valence-corrected chi connectivity index (χ1v) is 6.99. The first-order chi connectivity index (χ1) is 9.34. The number of rotatable bonds is 5. The Bertz CT molecular complexity index is 521. The molecular formula is C14H17BrFNO3. The Balaban J connectivity index is 2.99. The number of nitrogens with one attached hydrogen (secondary N) is 1. The number of hydrogen-bond acceptors (Lipinski definition) is 3. The van der Waals surface area contributed by atoms with Crippen molar-refractivity contribution in [3.8, 4) is 0 Å². The molecule has 1 unspecified atom stereocenters. The number of amides is 1. The summed E-state index contributed by atoms with van der Waals surface area (Å²) in [6, 6.07) is 4.12. The predicted octanol–water partition coefficient (Wildman–Crippen LogP) is 3.05. The quantitative estimate of drug-likeness (QED) is 0.834. The molecule has 6 heteroatoms. The zero-order valence-corrected chi connectivity index (χ0v) is 13.2. The third-order valence-electron chi connectivity index (χ3n) is 2.95. The fourth-order valence-corrected chi connectivity index (χ4v) is 2.27. The summed E-state index contributed by atoms with van der Waals surface area (Å²) in [5.74, 6) is -1.85. The van der Waals surface area contributed by atoms with Gasteiger partial charge in [-0.05, 0) is 31.5 Å². The summed E-state index contributed by atoms with van der Waals surface area (Å²) >= 11 is 3.12. The van der Waals surface area contributed by atoms with Crippen LogP contribution in [0.25, 0.3) is 0 Å². The summed E-state index contributed by atoms with van der Waals surface area (Å²) in [5.41, 5.74) is -1.28. The van der Waals surface area contributed by atoms with E-state index in [9.17, 15) is 14.0 Å². The van der Waals surface area contributed by atoms with Gasteiger partial charge in [0.05, 0.1) is 12.7 Å². The second kappa shape index (κ2) is 6.83. The molecule has 0 aliphatic heterocycles. The van der Waals surface area contributed by atoms with Crippen LogP contribution in [0.5, 0.6) is 0 Å². The molecule has 0 bridgehead atoms. The SMILES string of the molecule is CCCC(C)(NC(=O)c1ccc(Br)cc1F)C(=O)OC. The summed E-state index contributed by atoms with van der Waals surface area (Å²) in [7, 11) is 1.25. The number of hydrogen-bond donors (Lipinski definition) is 1. The predicted molar refractivity (Wildman–Crippen MR) is 76.9 cm³/mol. The Morgan fingerprint density at radius 2 is 2.10 bits per heavy atom. The number of ether oxygens (including phenoxy) is 1. The first kappa shape index (κ1) is 16.6. The maximum Gasteiger partial charge on any atom is 0.331 e. The standard InChI is InChI=1S/C14H17BrFNO3/c1-4-7-14(2,13(19)20-3)17-12(18)10-6-5-9(15)8-11(10)16/h5-6,8H,4,7H2,1-3H3,(H,17,18). The lowest BCUT2D eigenvalue weighted by Gasteiger charge is -2.27. The number of esters is 1. The molecule has 0 saturated carbocycles. The third kappa shape index (κ3) is 3.79. The fraction of sp³-hybridized carbons (Fsp3) is 0.429. The van der Waals surface area contributed by atoms with E-state index in [-0.39, 0.29) is 5.56 Å². The van der Waals surface area contributed by atoms with E-state index in [0.717, 1.165) is 0 Å². The van der Waals surface area contributed by atoms with Crippen LogP contribution in [0.4, 0.5) is 4.39 Å². The average molecular weight is 346 g/mol. The van der Waals surface area contributed by atoms with E-state index >= 15 is 0 Å². The highest BCUT2D eigenvalue weighted by Crippen LogP contribution is 2.19. The number of methoxy groups -OCH3 is 1. The van der Waals surface area contributed by atoms with E-state index < -0.39 is 23.2 Å². The molecule has 1 aromatic rings. The smallest absolute Gasteiger partial charge is 0.331 e. The van der Waals surface area contributed by atoms with Crippen LogP contribution < -0.4 is 5.32 Å². The van der Waals surface area contributed by atoms with Crippen molar-refractivity contribution in [3.63, 3.8) is 0 Å². The van der Waals surface area contributed by atoms with E-state index in [4.69, 9.17) is 4.74 Å². The minimum absolute atomic E-state index is 0.112. The molecule has 1 amide bonds. The van der Waals surface area contributed by atoms with Crippen LogP contribution in [0.1, 0.15) is 37.0 Å². The molecule has 1 aromatic carbocycles. The molecule has 1 rings (SSSR count). The highest BCUT2D eigenvalue weighted by molar-refractivity contribution is 9.10. The van der Waals surface area contributed by atoms with Gasteiger partial charge in [0.15, 0.2) is 0 Å². The molecule has 0 heterocycles. The van der Waals surface area contributed by atoms with Crippen LogP contribution in [0.15, 0.2) is 22.7 Å². The number of carbonyl (C=O) groups is 2. The van der Waals surface area contributed by atoms with Crippen LogP contribution in [0.3, 0.4) is 0 Å². The van der Waals surface area contributed by atoms with Gasteiger partial charge < -0.3 is 10.1 Å². The molecule has 0 radical (unpaired) electrons.